The SMILES string of the molecule is CN(CC(=O)NC[C@H](c1ccccc1)[NH+](C)C)S(=O)(=O)c1ccc(Cl)cc1. The molecule has 0 spiro atoms. The van der Waals surface area contributed by atoms with Crippen LogP contribution in [0.4, 0.5) is 0 Å². The van der Waals surface area contributed by atoms with E-state index in [9.17, 15) is 13.2 Å². The Morgan fingerprint density at radius 2 is 1.70 bits per heavy atom. The van der Waals surface area contributed by atoms with Crippen LogP contribution in [0.1, 0.15) is 11.6 Å². The molecule has 0 aliphatic heterocycles. The maximum absolute atomic E-state index is 12.5. The second kappa shape index (κ2) is 9.32. The van der Waals surface area contributed by atoms with Gasteiger partial charge in [0.25, 0.3) is 0 Å². The van der Waals surface area contributed by atoms with Crippen molar-refractivity contribution in [3.8, 4) is 0 Å². The third-order valence-electron chi connectivity index (χ3n) is 4.29. The van der Waals surface area contributed by atoms with Gasteiger partial charge in [-0.15, -0.1) is 0 Å². The molecule has 2 rings (SSSR count). The van der Waals surface area contributed by atoms with Gasteiger partial charge in [0.1, 0.15) is 6.04 Å². The number of carbonyl (C=O) groups excluding carboxylic acids is 1. The Bertz CT molecular complexity index is 856. The van der Waals surface area contributed by atoms with Crippen LogP contribution in [0.5, 0.6) is 0 Å². The van der Waals surface area contributed by atoms with E-state index in [-0.39, 0.29) is 23.4 Å². The summed E-state index contributed by atoms with van der Waals surface area (Å²) in [4.78, 5) is 13.6. The quantitative estimate of drug-likeness (QED) is 0.681. The topological polar surface area (TPSA) is 70.9 Å². The van der Waals surface area contributed by atoms with Crippen LogP contribution in [-0.4, -0.2) is 52.9 Å². The van der Waals surface area contributed by atoms with E-state index in [4.69, 9.17) is 11.6 Å². The molecule has 0 unspecified atom stereocenters. The molecular formula is C19H25ClN3O3S+. The zero-order valence-corrected chi connectivity index (χ0v) is 17.2. The van der Waals surface area contributed by atoms with Gasteiger partial charge >= 0.3 is 0 Å². The van der Waals surface area contributed by atoms with Crippen molar-refractivity contribution in [2.75, 3.05) is 34.2 Å². The summed E-state index contributed by atoms with van der Waals surface area (Å²) in [5.41, 5.74) is 1.11. The maximum Gasteiger partial charge on any atom is 0.243 e. The van der Waals surface area contributed by atoms with Crippen molar-refractivity contribution >= 4 is 27.5 Å². The molecule has 0 fully saturated rings. The van der Waals surface area contributed by atoms with Gasteiger partial charge in [-0.25, -0.2) is 8.42 Å². The number of rotatable bonds is 8. The average Bonchev–Trinajstić information content (AvgIpc) is 2.62. The lowest BCUT2D eigenvalue weighted by Crippen LogP contribution is -3.07. The van der Waals surface area contributed by atoms with Crippen molar-refractivity contribution in [1.82, 2.24) is 9.62 Å². The van der Waals surface area contributed by atoms with Crippen molar-refractivity contribution in [2.45, 2.75) is 10.9 Å². The van der Waals surface area contributed by atoms with E-state index >= 15 is 0 Å². The molecule has 1 atom stereocenters. The highest BCUT2D eigenvalue weighted by atomic mass is 35.5. The van der Waals surface area contributed by atoms with Crippen molar-refractivity contribution < 1.29 is 18.1 Å². The molecule has 0 aromatic heterocycles. The van der Waals surface area contributed by atoms with E-state index < -0.39 is 10.0 Å². The number of amides is 1. The molecular weight excluding hydrogens is 386 g/mol. The zero-order valence-electron chi connectivity index (χ0n) is 15.6. The van der Waals surface area contributed by atoms with E-state index in [1.54, 1.807) is 0 Å². The first-order chi connectivity index (χ1) is 12.7. The summed E-state index contributed by atoms with van der Waals surface area (Å²) in [5.74, 6) is -0.350. The number of sulfonamides is 1. The molecule has 2 aromatic rings. The van der Waals surface area contributed by atoms with Crippen LogP contribution in [0.15, 0.2) is 59.5 Å². The monoisotopic (exact) mass is 410 g/mol. The third-order valence-corrected chi connectivity index (χ3v) is 6.36. The standard InChI is InChI=1S/C19H24ClN3O3S/c1-22(2)18(15-7-5-4-6-8-15)13-21-19(24)14-23(3)27(25,26)17-11-9-16(20)10-12-17/h4-12,18H,13-14H2,1-3H3,(H,21,24)/p+1/t18-/m1/s1. The molecule has 2 aromatic carbocycles. The number of hydrogen-bond acceptors (Lipinski definition) is 3. The predicted molar refractivity (Wildman–Crippen MR) is 106 cm³/mol. The number of benzene rings is 2. The highest BCUT2D eigenvalue weighted by Gasteiger charge is 2.24. The van der Waals surface area contributed by atoms with E-state index in [2.05, 4.69) is 5.32 Å². The predicted octanol–water partition coefficient (Wildman–Crippen LogP) is 0.963. The number of nitrogens with zero attached hydrogens (tertiary/aromatic N) is 1. The molecule has 0 saturated heterocycles. The van der Waals surface area contributed by atoms with Gasteiger partial charge < -0.3 is 10.2 Å². The molecule has 0 radical (unpaired) electrons. The Kier molecular flexibility index (Phi) is 7.38. The molecule has 8 heteroatoms. The molecule has 146 valence electrons. The Labute approximate surface area is 165 Å². The number of quaternary nitrogens is 1. The smallest absolute Gasteiger partial charge is 0.243 e. The van der Waals surface area contributed by atoms with Gasteiger partial charge in [0.2, 0.25) is 15.9 Å². The molecule has 0 bridgehead atoms. The molecule has 6 nitrogen and oxygen atoms in total. The minimum Gasteiger partial charge on any atom is -0.349 e. The number of halogens is 1. The van der Waals surface area contributed by atoms with Gasteiger partial charge in [0.15, 0.2) is 0 Å². The Morgan fingerprint density at radius 1 is 1.11 bits per heavy atom. The fourth-order valence-electron chi connectivity index (χ4n) is 2.69. The van der Waals surface area contributed by atoms with Crippen molar-refractivity contribution in [3.05, 3.63) is 65.2 Å². The first kappa shape index (κ1) is 21.4. The molecule has 0 aliphatic rings. The van der Waals surface area contributed by atoms with Crippen LogP contribution in [-0.2, 0) is 14.8 Å². The minimum atomic E-state index is -3.75. The fraction of sp³-hybridized carbons (Fsp3) is 0.316. The molecule has 0 aliphatic carbocycles. The summed E-state index contributed by atoms with van der Waals surface area (Å²) in [7, 11) is 1.66. The molecule has 27 heavy (non-hydrogen) atoms. The van der Waals surface area contributed by atoms with Gasteiger partial charge in [0, 0.05) is 17.6 Å². The average molecular weight is 411 g/mol. The number of likely N-dealkylation sites (N-methyl/N-ethyl adjacent to an activating group) is 2. The van der Waals surface area contributed by atoms with Gasteiger partial charge in [-0.05, 0) is 24.3 Å². The largest absolute Gasteiger partial charge is 0.349 e. The number of hydrogen-bond donors (Lipinski definition) is 2. The number of nitrogens with one attached hydrogen (secondary N) is 2. The normalized spacial score (nSPS) is 13.0. The summed E-state index contributed by atoms with van der Waals surface area (Å²) >= 11 is 5.80. The first-order valence-electron chi connectivity index (χ1n) is 8.55. The molecule has 0 heterocycles. The van der Waals surface area contributed by atoms with E-state index in [0.29, 0.717) is 11.6 Å². The minimum absolute atomic E-state index is 0.0772. The van der Waals surface area contributed by atoms with Gasteiger partial charge in [0.05, 0.1) is 32.1 Å². The maximum atomic E-state index is 12.5. The summed E-state index contributed by atoms with van der Waals surface area (Å²) in [5, 5.41) is 3.29. The van der Waals surface area contributed by atoms with Crippen LogP contribution < -0.4 is 10.2 Å². The van der Waals surface area contributed by atoms with Crippen molar-refractivity contribution in [3.63, 3.8) is 0 Å². The van der Waals surface area contributed by atoms with Crippen LogP contribution >= 0.6 is 11.6 Å². The number of carbonyl (C=O) groups is 1. The molecule has 1 amide bonds. The van der Waals surface area contributed by atoms with E-state index in [1.807, 2.05) is 44.4 Å². The Balaban J connectivity index is 1.99. The van der Waals surface area contributed by atoms with Crippen LogP contribution in [0.2, 0.25) is 5.02 Å². The van der Waals surface area contributed by atoms with Crippen LogP contribution in [0, 0.1) is 0 Å². The van der Waals surface area contributed by atoms with E-state index in [1.165, 1.54) is 36.2 Å². The fourth-order valence-corrected chi connectivity index (χ4v) is 3.94. The lowest BCUT2D eigenvalue weighted by molar-refractivity contribution is -0.890. The molecule has 2 N–H and O–H groups in total. The van der Waals surface area contributed by atoms with Crippen LogP contribution in [0.25, 0.3) is 0 Å². The lowest BCUT2D eigenvalue weighted by atomic mass is 10.1. The second-order valence-corrected chi connectivity index (χ2v) is 9.04. The first-order valence-corrected chi connectivity index (χ1v) is 10.4. The second-order valence-electron chi connectivity index (χ2n) is 6.56. The molecule has 0 saturated carbocycles. The van der Waals surface area contributed by atoms with E-state index in [0.717, 1.165) is 9.87 Å². The van der Waals surface area contributed by atoms with Gasteiger partial charge in [-0.3, -0.25) is 4.79 Å². The summed E-state index contributed by atoms with van der Waals surface area (Å²) in [6.07, 6.45) is 0. The van der Waals surface area contributed by atoms with Gasteiger partial charge in [-0.1, -0.05) is 41.9 Å². The highest BCUT2D eigenvalue weighted by molar-refractivity contribution is 7.89. The Morgan fingerprint density at radius 3 is 2.26 bits per heavy atom. The zero-order chi connectivity index (χ0) is 20.0. The third kappa shape index (κ3) is 5.77. The summed E-state index contributed by atoms with van der Waals surface area (Å²) in [6.45, 7) is 0.162. The summed E-state index contributed by atoms with van der Waals surface area (Å²) in [6, 6.07) is 15.8. The van der Waals surface area contributed by atoms with Crippen LogP contribution in [0.3, 0.4) is 0 Å². The Hall–Kier alpha value is -1.93. The highest BCUT2D eigenvalue weighted by Crippen LogP contribution is 2.17. The van der Waals surface area contributed by atoms with Crippen molar-refractivity contribution in [2.24, 2.45) is 0 Å². The van der Waals surface area contributed by atoms with Gasteiger partial charge in [-0.2, -0.15) is 4.31 Å². The summed E-state index contributed by atoms with van der Waals surface area (Å²) < 4.78 is 26.1. The lowest BCUT2D eigenvalue weighted by Gasteiger charge is -2.23. The van der Waals surface area contributed by atoms with Crippen molar-refractivity contribution in [1.29, 1.82) is 0 Å².